The van der Waals surface area contributed by atoms with Crippen LogP contribution < -0.4 is 4.90 Å². The minimum absolute atomic E-state index is 0.337. The van der Waals surface area contributed by atoms with E-state index in [-0.39, 0.29) is 5.82 Å². The lowest BCUT2D eigenvalue weighted by Gasteiger charge is -2.22. The number of halogens is 2. The van der Waals surface area contributed by atoms with E-state index in [2.05, 4.69) is 14.9 Å². The van der Waals surface area contributed by atoms with E-state index in [1.54, 1.807) is 12.3 Å². The number of aromatic nitrogens is 2. The van der Waals surface area contributed by atoms with E-state index >= 15 is 0 Å². The van der Waals surface area contributed by atoms with Crippen molar-refractivity contribution >= 4 is 17.3 Å². The van der Waals surface area contributed by atoms with Crippen molar-refractivity contribution in [3.05, 3.63) is 64.9 Å². The van der Waals surface area contributed by atoms with Crippen LogP contribution in [0.25, 0.3) is 11.6 Å². The molecule has 3 heterocycles. The maximum absolute atomic E-state index is 13.7. The van der Waals surface area contributed by atoms with Crippen LogP contribution in [0.3, 0.4) is 0 Å². The summed E-state index contributed by atoms with van der Waals surface area (Å²) in [6.45, 7) is 1.36. The molecule has 0 amide bonds. The lowest BCUT2D eigenvalue weighted by molar-refractivity contribution is 0.511. The Balaban J connectivity index is 1.66. The van der Waals surface area contributed by atoms with Gasteiger partial charge in [0.2, 0.25) is 5.89 Å². The highest BCUT2D eigenvalue weighted by Crippen LogP contribution is 2.29. The van der Waals surface area contributed by atoms with Crippen LogP contribution in [0.15, 0.2) is 47.0 Å². The lowest BCUT2D eigenvalue weighted by atomic mass is 10.2. The Hall–Kier alpha value is -2.40. The number of aryl methyl sites for hydroxylation is 1. The van der Waals surface area contributed by atoms with E-state index in [9.17, 15) is 4.39 Å². The summed E-state index contributed by atoms with van der Waals surface area (Å²) in [4.78, 5) is 11.0. The summed E-state index contributed by atoms with van der Waals surface area (Å²) < 4.78 is 19.6. The first-order chi connectivity index (χ1) is 11.7. The molecule has 0 radical (unpaired) electrons. The molecule has 0 fully saturated rings. The van der Waals surface area contributed by atoms with E-state index in [4.69, 9.17) is 16.0 Å². The van der Waals surface area contributed by atoms with E-state index in [1.165, 1.54) is 12.1 Å². The molecule has 4 nitrogen and oxygen atoms in total. The minimum Gasteiger partial charge on any atom is -0.440 e. The van der Waals surface area contributed by atoms with Gasteiger partial charge in [0.15, 0.2) is 0 Å². The third-order valence-electron chi connectivity index (χ3n) is 4.05. The zero-order valence-corrected chi connectivity index (χ0v) is 13.6. The molecule has 1 aliphatic rings. The molecule has 0 aliphatic carbocycles. The highest BCUT2D eigenvalue weighted by molar-refractivity contribution is 6.30. The van der Waals surface area contributed by atoms with E-state index in [1.807, 2.05) is 18.2 Å². The topological polar surface area (TPSA) is 42.2 Å². The van der Waals surface area contributed by atoms with Crippen LogP contribution in [0.5, 0.6) is 0 Å². The van der Waals surface area contributed by atoms with Crippen LogP contribution in [0.2, 0.25) is 5.02 Å². The molecule has 24 heavy (non-hydrogen) atoms. The largest absolute Gasteiger partial charge is 0.440 e. The van der Waals surface area contributed by atoms with E-state index in [0.717, 1.165) is 36.5 Å². The van der Waals surface area contributed by atoms with Gasteiger partial charge in [-0.05, 0) is 36.8 Å². The Morgan fingerprint density at radius 3 is 2.92 bits per heavy atom. The number of rotatable bonds is 2. The molecule has 0 N–H and O–H groups in total. The highest BCUT2D eigenvalue weighted by Gasteiger charge is 2.22. The number of hydrogen-bond acceptors (Lipinski definition) is 4. The molecule has 0 bridgehead atoms. The van der Waals surface area contributed by atoms with Crippen molar-refractivity contribution in [1.82, 2.24) is 9.97 Å². The fourth-order valence-electron chi connectivity index (χ4n) is 2.93. The molecule has 2 aromatic heterocycles. The molecule has 122 valence electrons. The lowest BCUT2D eigenvalue weighted by Crippen LogP contribution is -2.22. The number of oxazole rings is 1. The van der Waals surface area contributed by atoms with Crippen LogP contribution in [-0.4, -0.2) is 16.5 Å². The van der Waals surface area contributed by atoms with Crippen molar-refractivity contribution in [2.75, 3.05) is 11.4 Å². The molecule has 1 aliphatic heterocycles. The number of pyridine rings is 1. The van der Waals surface area contributed by atoms with Crippen LogP contribution in [0.1, 0.15) is 17.9 Å². The normalized spacial score (nSPS) is 14.3. The van der Waals surface area contributed by atoms with Crippen molar-refractivity contribution in [2.24, 2.45) is 0 Å². The van der Waals surface area contributed by atoms with Crippen LogP contribution in [0, 0.1) is 5.82 Å². The predicted octanol–water partition coefficient (Wildman–Crippen LogP) is 4.48. The maximum Gasteiger partial charge on any atom is 0.245 e. The molecule has 0 spiro atoms. The van der Waals surface area contributed by atoms with Crippen LogP contribution in [0.4, 0.5) is 10.1 Å². The Kier molecular flexibility index (Phi) is 3.94. The summed E-state index contributed by atoms with van der Waals surface area (Å²) in [6.07, 6.45) is 3.42. The smallest absolute Gasteiger partial charge is 0.245 e. The van der Waals surface area contributed by atoms with Crippen LogP contribution >= 0.6 is 11.6 Å². The van der Waals surface area contributed by atoms with Gasteiger partial charge in [-0.3, -0.25) is 4.98 Å². The van der Waals surface area contributed by atoms with Gasteiger partial charge in [-0.15, -0.1) is 0 Å². The van der Waals surface area contributed by atoms with Crippen molar-refractivity contribution in [2.45, 2.75) is 19.4 Å². The van der Waals surface area contributed by atoms with Gasteiger partial charge in [-0.1, -0.05) is 17.7 Å². The first kappa shape index (κ1) is 15.1. The molecule has 0 unspecified atom stereocenters. The minimum atomic E-state index is -0.337. The van der Waals surface area contributed by atoms with Gasteiger partial charge in [-0.25, -0.2) is 9.37 Å². The summed E-state index contributed by atoms with van der Waals surface area (Å²) in [5.41, 5.74) is 2.34. The van der Waals surface area contributed by atoms with Crippen molar-refractivity contribution < 1.29 is 8.81 Å². The third-order valence-corrected chi connectivity index (χ3v) is 4.27. The average Bonchev–Trinajstić information content (AvgIpc) is 2.86. The average molecular weight is 344 g/mol. The molecular formula is C18H15ClFN3O. The number of hydrogen-bond donors (Lipinski definition) is 0. The molecule has 3 aromatic rings. The standard InChI is InChI=1S/C18H15ClFN3O/c19-12-8-13(20)10-14(9-12)23-7-3-5-17-16(11-23)22-18(24-17)15-4-1-2-6-21-15/h1-2,4,6,8-10H,3,5,7,11H2. The van der Waals surface area contributed by atoms with Gasteiger partial charge >= 0.3 is 0 Å². The van der Waals surface area contributed by atoms with E-state index < -0.39 is 0 Å². The molecular weight excluding hydrogens is 329 g/mol. The molecule has 4 rings (SSSR count). The summed E-state index contributed by atoms with van der Waals surface area (Å²) >= 11 is 5.99. The molecule has 0 saturated carbocycles. The van der Waals surface area contributed by atoms with Crippen molar-refractivity contribution in [3.8, 4) is 11.6 Å². The maximum atomic E-state index is 13.7. The quantitative estimate of drug-likeness (QED) is 0.688. The van der Waals surface area contributed by atoms with Gasteiger partial charge in [0.05, 0.1) is 6.54 Å². The number of nitrogens with zero attached hydrogens (tertiary/aromatic N) is 3. The summed E-state index contributed by atoms with van der Waals surface area (Å²) in [5.74, 6) is 1.07. The summed E-state index contributed by atoms with van der Waals surface area (Å²) in [7, 11) is 0. The fourth-order valence-corrected chi connectivity index (χ4v) is 3.15. The Bertz CT molecular complexity index is 846. The van der Waals surface area contributed by atoms with Gasteiger partial charge in [0.1, 0.15) is 23.0 Å². The van der Waals surface area contributed by atoms with Gasteiger partial charge in [-0.2, -0.15) is 0 Å². The highest BCUT2D eigenvalue weighted by atomic mass is 35.5. The van der Waals surface area contributed by atoms with Crippen molar-refractivity contribution in [3.63, 3.8) is 0 Å². The fraction of sp³-hybridized carbons (Fsp3) is 0.222. The monoisotopic (exact) mass is 343 g/mol. The first-order valence-electron chi connectivity index (χ1n) is 7.80. The molecule has 0 atom stereocenters. The molecule has 6 heteroatoms. The summed E-state index contributed by atoms with van der Waals surface area (Å²) in [6, 6.07) is 10.2. The third kappa shape index (κ3) is 2.99. The Labute approximate surface area is 143 Å². The number of benzene rings is 1. The van der Waals surface area contributed by atoms with Crippen LogP contribution in [-0.2, 0) is 13.0 Å². The zero-order chi connectivity index (χ0) is 16.5. The van der Waals surface area contributed by atoms with E-state index in [0.29, 0.717) is 23.2 Å². The molecule has 1 aromatic carbocycles. The van der Waals surface area contributed by atoms with Gasteiger partial charge in [0, 0.05) is 29.9 Å². The predicted molar refractivity (Wildman–Crippen MR) is 90.5 cm³/mol. The second kappa shape index (κ2) is 6.24. The Morgan fingerprint density at radius 2 is 2.12 bits per heavy atom. The Morgan fingerprint density at radius 1 is 1.21 bits per heavy atom. The second-order valence-electron chi connectivity index (χ2n) is 5.76. The SMILES string of the molecule is Fc1cc(Cl)cc(N2CCCc3oc(-c4ccccn4)nc3C2)c1. The second-order valence-corrected chi connectivity index (χ2v) is 6.19. The first-order valence-corrected chi connectivity index (χ1v) is 8.18. The molecule has 0 saturated heterocycles. The zero-order valence-electron chi connectivity index (χ0n) is 12.9. The van der Waals surface area contributed by atoms with Gasteiger partial charge in [0.25, 0.3) is 0 Å². The number of fused-ring (bicyclic) bond motifs is 1. The number of anilines is 1. The van der Waals surface area contributed by atoms with Crippen molar-refractivity contribution in [1.29, 1.82) is 0 Å². The summed E-state index contributed by atoms with van der Waals surface area (Å²) in [5, 5.41) is 0.392. The van der Waals surface area contributed by atoms with Gasteiger partial charge < -0.3 is 9.32 Å².